The van der Waals surface area contributed by atoms with Crippen molar-refractivity contribution in [1.82, 2.24) is 0 Å². The van der Waals surface area contributed by atoms with E-state index in [4.69, 9.17) is 4.74 Å². The number of halogens is 2. The number of nitrogens with zero attached hydrogens (tertiary/aromatic N) is 1. The molecule has 1 aromatic rings. The van der Waals surface area contributed by atoms with E-state index in [0.29, 0.717) is 22.3 Å². The Kier molecular flexibility index (Phi) is 3.38. The minimum Gasteiger partial charge on any atom is -0.441 e. The van der Waals surface area contributed by atoms with Crippen LogP contribution in [-0.4, -0.2) is 12.6 Å². The summed E-state index contributed by atoms with van der Waals surface area (Å²) in [6, 6.07) is 3.16. The summed E-state index contributed by atoms with van der Waals surface area (Å²) in [6.45, 7) is 4.13. The van der Waals surface area contributed by atoms with Crippen LogP contribution in [0.1, 0.15) is 31.9 Å². The van der Waals surface area contributed by atoms with Gasteiger partial charge in [-0.2, -0.15) is 0 Å². The summed E-state index contributed by atoms with van der Waals surface area (Å²) in [7, 11) is 0. The van der Waals surface area contributed by atoms with Crippen molar-refractivity contribution in [2.45, 2.75) is 26.4 Å². The zero-order valence-corrected chi connectivity index (χ0v) is 11.3. The molecule has 1 heterocycles. The maximum atomic E-state index is 14.0. The largest absolute Gasteiger partial charge is 0.441 e. The Bertz CT molecular complexity index is 464. The number of carbonyl (C=O) groups is 1. The summed E-state index contributed by atoms with van der Waals surface area (Å²) >= 11 is 3.24. The molecular weight excluding hydrogens is 289 g/mol. The number of carbonyl (C=O) groups excluding carboxylic acids is 1. The molecular formula is C12H13BrFNO2. The lowest BCUT2D eigenvalue weighted by molar-refractivity contribution is 0.107. The number of amides is 1. The molecule has 0 aliphatic carbocycles. The molecule has 0 saturated heterocycles. The topological polar surface area (TPSA) is 29.5 Å². The highest BCUT2D eigenvalue weighted by atomic mass is 79.9. The van der Waals surface area contributed by atoms with E-state index in [1.807, 2.05) is 6.92 Å². The summed E-state index contributed by atoms with van der Waals surface area (Å²) in [5, 5.41) is 0. The van der Waals surface area contributed by atoms with Gasteiger partial charge in [0.2, 0.25) is 0 Å². The quantitative estimate of drug-likeness (QED) is 0.826. The summed E-state index contributed by atoms with van der Waals surface area (Å²) in [6.07, 6.45) is -0.149. The van der Waals surface area contributed by atoms with Crippen molar-refractivity contribution in [2.75, 3.05) is 11.4 Å². The number of rotatable bonds is 2. The van der Waals surface area contributed by atoms with Crippen molar-refractivity contribution in [3.05, 3.63) is 28.0 Å². The number of anilines is 1. The van der Waals surface area contributed by atoms with E-state index in [1.54, 1.807) is 13.0 Å². The standard InChI is InChI=1S/C12H13BrFNO2/c1-3-4-15-11-9(7(2)17-12(15)16)5-8(13)6-10(11)14/h5-7H,3-4H2,1-2H3. The van der Waals surface area contributed by atoms with E-state index in [-0.39, 0.29) is 0 Å². The Morgan fingerprint density at radius 2 is 2.24 bits per heavy atom. The summed E-state index contributed by atoms with van der Waals surface area (Å²) in [5.74, 6) is -0.397. The third-order valence-corrected chi connectivity index (χ3v) is 3.17. The van der Waals surface area contributed by atoms with E-state index < -0.39 is 18.0 Å². The lowest BCUT2D eigenvalue weighted by atomic mass is 10.1. The number of fused-ring (bicyclic) bond motifs is 1. The number of cyclic esters (lactones) is 1. The predicted octanol–water partition coefficient (Wildman–Crippen LogP) is 4.02. The smallest absolute Gasteiger partial charge is 0.414 e. The van der Waals surface area contributed by atoms with E-state index in [0.717, 1.165) is 6.42 Å². The summed E-state index contributed by atoms with van der Waals surface area (Å²) in [4.78, 5) is 13.1. The van der Waals surface area contributed by atoms with Gasteiger partial charge in [0.1, 0.15) is 11.9 Å². The Morgan fingerprint density at radius 3 is 2.88 bits per heavy atom. The van der Waals surface area contributed by atoms with E-state index in [2.05, 4.69) is 15.9 Å². The first-order chi connectivity index (χ1) is 8.04. The van der Waals surface area contributed by atoms with Crippen molar-refractivity contribution in [3.8, 4) is 0 Å². The monoisotopic (exact) mass is 301 g/mol. The molecule has 17 heavy (non-hydrogen) atoms. The molecule has 1 aliphatic heterocycles. The number of ether oxygens (including phenoxy) is 1. The predicted molar refractivity (Wildman–Crippen MR) is 66.6 cm³/mol. The summed E-state index contributed by atoms with van der Waals surface area (Å²) in [5.41, 5.74) is 1.05. The number of benzene rings is 1. The van der Waals surface area contributed by atoms with Crippen molar-refractivity contribution in [3.63, 3.8) is 0 Å². The molecule has 0 spiro atoms. The molecule has 2 rings (SSSR count). The fraction of sp³-hybridized carbons (Fsp3) is 0.417. The average Bonchev–Trinajstić information content (AvgIpc) is 2.24. The van der Waals surface area contributed by atoms with Crippen molar-refractivity contribution >= 4 is 27.7 Å². The van der Waals surface area contributed by atoms with E-state index in [1.165, 1.54) is 11.0 Å². The second-order valence-corrected chi connectivity index (χ2v) is 4.92. The molecule has 1 aliphatic rings. The van der Waals surface area contributed by atoms with Crippen LogP contribution in [-0.2, 0) is 4.74 Å². The van der Waals surface area contributed by atoms with Crippen LogP contribution < -0.4 is 4.90 Å². The fourth-order valence-electron chi connectivity index (χ4n) is 1.98. The highest BCUT2D eigenvalue weighted by molar-refractivity contribution is 9.10. The highest BCUT2D eigenvalue weighted by Crippen LogP contribution is 2.38. The van der Waals surface area contributed by atoms with E-state index >= 15 is 0 Å². The zero-order chi connectivity index (χ0) is 12.6. The minimum atomic E-state index is -0.479. The Morgan fingerprint density at radius 1 is 1.53 bits per heavy atom. The van der Waals surface area contributed by atoms with Crippen LogP contribution in [0.15, 0.2) is 16.6 Å². The van der Waals surface area contributed by atoms with Crippen LogP contribution in [0.25, 0.3) is 0 Å². The summed E-state index contributed by atoms with van der Waals surface area (Å²) < 4.78 is 19.8. The molecule has 92 valence electrons. The van der Waals surface area contributed by atoms with Crippen LogP contribution in [0.3, 0.4) is 0 Å². The van der Waals surface area contributed by atoms with Gasteiger partial charge in [-0.25, -0.2) is 9.18 Å². The van der Waals surface area contributed by atoms with Crippen molar-refractivity contribution in [2.24, 2.45) is 0 Å². The number of hydrogen-bond acceptors (Lipinski definition) is 2. The molecule has 0 radical (unpaired) electrons. The Hall–Kier alpha value is -1.10. The van der Waals surface area contributed by atoms with Crippen LogP contribution in [0.5, 0.6) is 0 Å². The Labute approximate surface area is 108 Å². The third kappa shape index (κ3) is 2.16. The first kappa shape index (κ1) is 12.4. The van der Waals surface area contributed by atoms with Gasteiger partial charge in [-0.1, -0.05) is 22.9 Å². The molecule has 1 atom stereocenters. The molecule has 0 aromatic heterocycles. The molecule has 0 bridgehead atoms. The van der Waals surface area contributed by atoms with Crippen LogP contribution in [0.2, 0.25) is 0 Å². The van der Waals surface area contributed by atoms with Crippen molar-refractivity contribution < 1.29 is 13.9 Å². The molecule has 1 amide bonds. The van der Waals surface area contributed by atoms with Gasteiger partial charge in [-0.05, 0) is 25.5 Å². The molecule has 5 heteroatoms. The van der Waals surface area contributed by atoms with Gasteiger partial charge in [-0.3, -0.25) is 4.90 Å². The Balaban J connectivity index is 2.56. The maximum absolute atomic E-state index is 14.0. The normalized spacial score (nSPS) is 18.9. The fourth-order valence-corrected chi connectivity index (χ4v) is 2.42. The lowest BCUT2D eigenvalue weighted by Crippen LogP contribution is -2.38. The second kappa shape index (κ2) is 4.64. The molecule has 3 nitrogen and oxygen atoms in total. The van der Waals surface area contributed by atoms with Crippen LogP contribution >= 0.6 is 15.9 Å². The van der Waals surface area contributed by atoms with Gasteiger partial charge in [0.05, 0.1) is 5.69 Å². The lowest BCUT2D eigenvalue weighted by Gasteiger charge is -2.32. The molecule has 0 fully saturated rings. The van der Waals surface area contributed by atoms with Gasteiger partial charge in [0.25, 0.3) is 0 Å². The van der Waals surface area contributed by atoms with Crippen LogP contribution in [0, 0.1) is 5.82 Å². The van der Waals surface area contributed by atoms with E-state index in [9.17, 15) is 9.18 Å². The molecule has 0 saturated carbocycles. The molecule has 1 unspecified atom stereocenters. The molecule has 1 aromatic carbocycles. The van der Waals surface area contributed by atoms with Gasteiger partial charge in [0, 0.05) is 16.6 Å². The minimum absolute atomic E-state index is 0.346. The number of hydrogen-bond donors (Lipinski definition) is 0. The van der Waals surface area contributed by atoms with Crippen molar-refractivity contribution in [1.29, 1.82) is 0 Å². The average molecular weight is 302 g/mol. The van der Waals surface area contributed by atoms with Gasteiger partial charge >= 0.3 is 6.09 Å². The van der Waals surface area contributed by atoms with Gasteiger partial charge in [-0.15, -0.1) is 0 Å². The first-order valence-electron chi connectivity index (χ1n) is 5.51. The second-order valence-electron chi connectivity index (χ2n) is 4.00. The third-order valence-electron chi connectivity index (χ3n) is 2.71. The maximum Gasteiger partial charge on any atom is 0.414 e. The zero-order valence-electron chi connectivity index (χ0n) is 9.67. The van der Waals surface area contributed by atoms with Gasteiger partial charge < -0.3 is 4.74 Å². The SMILES string of the molecule is CCCN1C(=O)OC(C)c2cc(Br)cc(F)c21. The van der Waals surface area contributed by atoms with Gasteiger partial charge in [0.15, 0.2) is 0 Å². The van der Waals surface area contributed by atoms with Crippen LogP contribution in [0.4, 0.5) is 14.9 Å². The highest BCUT2D eigenvalue weighted by Gasteiger charge is 2.32. The first-order valence-corrected chi connectivity index (χ1v) is 6.31. The molecule has 0 N–H and O–H groups in total.